The molecule has 0 unspecified atom stereocenters. The summed E-state index contributed by atoms with van der Waals surface area (Å²) in [6, 6.07) is 6.19. The maximum atomic E-state index is 5.91. The SMILES string of the molecule is Cc1cc(CN)cc(O[Si](C)(C)C)c1. The van der Waals surface area contributed by atoms with E-state index in [0.717, 1.165) is 11.3 Å². The van der Waals surface area contributed by atoms with E-state index in [1.807, 2.05) is 6.07 Å². The molecule has 0 fully saturated rings. The molecular formula is C11H19NOSi. The largest absolute Gasteiger partial charge is 0.544 e. The van der Waals surface area contributed by atoms with E-state index in [4.69, 9.17) is 10.2 Å². The van der Waals surface area contributed by atoms with Crippen molar-refractivity contribution >= 4 is 8.32 Å². The summed E-state index contributed by atoms with van der Waals surface area (Å²) < 4.78 is 5.91. The number of benzene rings is 1. The molecule has 2 N–H and O–H groups in total. The average Bonchev–Trinajstić information content (AvgIpc) is 1.99. The first-order valence-electron chi connectivity index (χ1n) is 4.90. The summed E-state index contributed by atoms with van der Waals surface area (Å²) in [5.74, 6) is 0.963. The highest BCUT2D eigenvalue weighted by Gasteiger charge is 2.16. The Hall–Kier alpha value is -0.803. The first kappa shape index (κ1) is 11.3. The Bertz CT molecular complexity index is 318. The fourth-order valence-electron chi connectivity index (χ4n) is 1.35. The van der Waals surface area contributed by atoms with Gasteiger partial charge in [0.15, 0.2) is 0 Å². The van der Waals surface area contributed by atoms with Crippen LogP contribution in [0.15, 0.2) is 18.2 Å². The molecule has 3 heteroatoms. The standard InChI is InChI=1S/C11H19NOSi/c1-9-5-10(8-12)7-11(6-9)13-14(2,3)4/h5-7H,8,12H2,1-4H3. The molecule has 14 heavy (non-hydrogen) atoms. The van der Waals surface area contributed by atoms with Gasteiger partial charge in [-0.25, -0.2) is 0 Å². The van der Waals surface area contributed by atoms with E-state index in [2.05, 4.69) is 38.7 Å². The van der Waals surface area contributed by atoms with Gasteiger partial charge in [0.2, 0.25) is 8.32 Å². The van der Waals surface area contributed by atoms with Gasteiger partial charge in [-0.3, -0.25) is 0 Å². The van der Waals surface area contributed by atoms with Crippen LogP contribution in [0.5, 0.6) is 5.75 Å². The number of hydrogen-bond donors (Lipinski definition) is 1. The third-order valence-corrected chi connectivity index (χ3v) is 2.62. The van der Waals surface area contributed by atoms with Crippen LogP contribution in [0.1, 0.15) is 11.1 Å². The molecule has 0 aliphatic rings. The second-order valence-corrected chi connectivity index (χ2v) is 9.00. The Morgan fingerprint density at radius 1 is 1.21 bits per heavy atom. The van der Waals surface area contributed by atoms with Crippen molar-refractivity contribution in [3.63, 3.8) is 0 Å². The summed E-state index contributed by atoms with van der Waals surface area (Å²) in [6.45, 7) is 9.17. The lowest BCUT2D eigenvalue weighted by atomic mass is 10.1. The number of aryl methyl sites for hydroxylation is 1. The van der Waals surface area contributed by atoms with E-state index in [1.54, 1.807) is 0 Å². The molecule has 0 saturated carbocycles. The van der Waals surface area contributed by atoms with Crippen LogP contribution in [-0.4, -0.2) is 8.32 Å². The summed E-state index contributed by atoms with van der Waals surface area (Å²) in [5, 5.41) is 0. The third kappa shape index (κ3) is 3.52. The van der Waals surface area contributed by atoms with E-state index < -0.39 is 8.32 Å². The van der Waals surface area contributed by atoms with Crippen LogP contribution in [0.4, 0.5) is 0 Å². The van der Waals surface area contributed by atoms with Crippen LogP contribution in [0.25, 0.3) is 0 Å². The van der Waals surface area contributed by atoms with Crippen LogP contribution in [0.2, 0.25) is 19.6 Å². The van der Waals surface area contributed by atoms with E-state index in [0.29, 0.717) is 6.54 Å². The average molecular weight is 209 g/mol. The van der Waals surface area contributed by atoms with Gasteiger partial charge in [-0.15, -0.1) is 0 Å². The predicted molar refractivity (Wildman–Crippen MR) is 63.0 cm³/mol. The minimum atomic E-state index is -1.50. The third-order valence-electron chi connectivity index (χ3n) is 1.77. The molecule has 0 spiro atoms. The summed E-state index contributed by atoms with van der Waals surface area (Å²) in [6.07, 6.45) is 0. The fourth-order valence-corrected chi connectivity index (χ4v) is 2.18. The highest BCUT2D eigenvalue weighted by atomic mass is 28.4. The topological polar surface area (TPSA) is 35.2 Å². The van der Waals surface area contributed by atoms with Crippen molar-refractivity contribution in [2.75, 3.05) is 0 Å². The zero-order valence-electron chi connectivity index (χ0n) is 9.42. The zero-order valence-corrected chi connectivity index (χ0v) is 10.4. The molecule has 0 aromatic heterocycles. The van der Waals surface area contributed by atoms with E-state index in [9.17, 15) is 0 Å². The maximum Gasteiger partial charge on any atom is 0.242 e. The van der Waals surface area contributed by atoms with Crippen molar-refractivity contribution in [2.24, 2.45) is 5.73 Å². The van der Waals surface area contributed by atoms with Crippen molar-refractivity contribution in [3.8, 4) is 5.75 Å². The first-order chi connectivity index (χ1) is 6.40. The van der Waals surface area contributed by atoms with Crippen LogP contribution in [-0.2, 0) is 6.54 Å². The van der Waals surface area contributed by atoms with Crippen molar-refractivity contribution in [2.45, 2.75) is 33.1 Å². The minimum absolute atomic E-state index is 0.573. The molecule has 1 aromatic rings. The molecule has 0 heterocycles. The van der Waals surface area contributed by atoms with Crippen molar-refractivity contribution in [1.29, 1.82) is 0 Å². The lowest BCUT2D eigenvalue weighted by Gasteiger charge is -2.20. The summed E-state index contributed by atoms with van der Waals surface area (Å²) >= 11 is 0. The fraction of sp³-hybridized carbons (Fsp3) is 0.455. The molecule has 0 radical (unpaired) electrons. The highest BCUT2D eigenvalue weighted by Crippen LogP contribution is 2.20. The monoisotopic (exact) mass is 209 g/mol. The van der Waals surface area contributed by atoms with Crippen molar-refractivity contribution in [1.82, 2.24) is 0 Å². The Labute approximate surface area is 87.2 Å². The second kappa shape index (κ2) is 4.15. The molecule has 0 aliphatic heterocycles. The van der Waals surface area contributed by atoms with Crippen LogP contribution in [0.3, 0.4) is 0 Å². The van der Waals surface area contributed by atoms with Crippen molar-refractivity contribution < 1.29 is 4.43 Å². The Morgan fingerprint density at radius 3 is 2.36 bits per heavy atom. The lowest BCUT2D eigenvalue weighted by Crippen LogP contribution is -2.29. The Balaban J connectivity index is 2.92. The maximum absolute atomic E-state index is 5.91. The summed E-state index contributed by atoms with van der Waals surface area (Å²) in [5.41, 5.74) is 7.95. The van der Waals surface area contributed by atoms with Gasteiger partial charge in [-0.1, -0.05) is 6.07 Å². The number of rotatable bonds is 3. The predicted octanol–water partition coefficient (Wildman–Crippen LogP) is 2.67. The molecule has 0 saturated heterocycles. The van der Waals surface area contributed by atoms with E-state index >= 15 is 0 Å². The number of nitrogens with two attached hydrogens (primary N) is 1. The Morgan fingerprint density at radius 2 is 1.86 bits per heavy atom. The molecule has 2 nitrogen and oxygen atoms in total. The van der Waals surface area contributed by atoms with Gasteiger partial charge >= 0.3 is 0 Å². The molecular weight excluding hydrogens is 190 g/mol. The van der Waals surface area contributed by atoms with Gasteiger partial charge in [0.1, 0.15) is 5.75 Å². The minimum Gasteiger partial charge on any atom is -0.544 e. The molecule has 0 aliphatic carbocycles. The van der Waals surface area contributed by atoms with Gasteiger partial charge in [-0.2, -0.15) is 0 Å². The second-order valence-electron chi connectivity index (χ2n) is 4.57. The van der Waals surface area contributed by atoms with Crippen LogP contribution < -0.4 is 10.2 Å². The van der Waals surface area contributed by atoms with Gasteiger partial charge in [-0.05, 0) is 49.8 Å². The summed E-state index contributed by atoms with van der Waals surface area (Å²) in [7, 11) is -1.50. The molecule has 1 aromatic carbocycles. The van der Waals surface area contributed by atoms with Crippen molar-refractivity contribution in [3.05, 3.63) is 29.3 Å². The molecule has 78 valence electrons. The molecule has 1 rings (SSSR count). The Kier molecular flexibility index (Phi) is 3.34. The van der Waals surface area contributed by atoms with E-state index in [1.165, 1.54) is 5.56 Å². The first-order valence-corrected chi connectivity index (χ1v) is 8.31. The summed E-state index contributed by atoms with van der Waals surface area (Å²) in [4.78, 5) is 0. The van der Waals surface area contributed by atoms with Crippen LogP contribution >= 0.6 is 0 Å². The van der Waals surface area contributed by atoms with Gasteiger partial charge in [0, 0.05) is 6.54 Å². The number of hydrogen-bond acceptors (Lipinski definition) is 2. The lowest BCUT2D eigenvalue weighted by molar-refractivity contribution is 0.556. The van der Waals surface area contributed by atoms with E-state index in [-0.39, 0.29) is 0 Å². The molecule has 0 atom stereocenters. The molecule has 0 bridgehead atoms. The van der Waals surface area contributed by atoms with Crippen LogP contribution in [0, 0.1) is 6.92 Å². The normalized spacial score (nSPS) is 11.5. The zero-order chi connectivity index (χ0) is 10.8. The highest BCUT2D eigenvalue weighted by molar-refractivity contribution is 6.70. The smallest absolute Gasteiger partial charge is 0.242 e. The van der Waals surface area contributed by atoms with Gasteiger partial charge in [0.25, 0.3) is 0 Å². The van der Waals surface area contributed by atoms with Gasteiger partial charge in [0.05, 0.1) is 0 Å². The quantitative estimate of drug-likeness (QED) is 0.777. The van der Waals surface area contributed by atoms with Gasteiger partial charge < -0.3 is 10.2 Å². The molecule has 0 amide bonds.